The quantitative estimate of drug-likeness (QED) is 0.625. The summed E-state index contributed by atoms with van der Waals surface area (Å²) in [5.74, 6) is 0.736. The second-order valence-electron chi connectivity index (χ2n) is 3.67. The van der Waals surface area contributed by atoms with Gasteiger partial charge in [-0.1, -0.05) is 6.07 Å². The predicted molar refractivity (Wildman–Crippen MR) is 63.7 cm³/mol. The van der Waals surface area contributed by atoms with Gasteiger partial charge in [0.1, 0.15) is 11.5 Å². The van der Waals surface area contributed by atoms with Crippen LogP contribution in [0.4, 0.5) is 11.4 Å². The standard InChI is InChI=1S/C11H12N4O2/c1-8-2-3-9(10(6-8)15(16)17)14-7-11-12-4-5-13-11/h2-6,14H,7H2,1H3,(H,12,13). The third-order valence-corrected chi connectivity index (χ3v) is 2.35. The molecule has 6 nitrogen and oxygen atoms in total. The lowest BCUT2D eigenvalue weighted by molar-refractivity contribution is -0.384. The fraction of sp³-hybridized carbons (Fsp3) is 0.182. The van der Waals surface area contributed by atoms with Gasteiger partial charge >= 0.3 is 0 Å². The molecular formula is C11H12N4O2. The van der Waals surface area contributed by atoms with E-state index >= 15 is 0 Å². The van der Waals surface area contributed by atoms with Crippen molar-refractivity contribution in [2.24, 2.45) is 0 Å². The first-order valence-corrected chi connectivity index (χ1v) is 5.14. The van der Waals surface area contributed by atoms with Crippen molar-refractivity contribution in [2.75, 3.05) is 5.32 Å². The van der Waals surface area contributed by atoms with Crippen molar-refractivity contribution in [2.45, 2.75) is 13.5 Å². The van der Waals surface area contributed by atoms with E-state index in [0.717, 1.165) is 11.4 Å². The Balaban J connectivity index is 2.17. The van der Waals surface area contributed by atoms with Crippen LogP contribution in [-0.4, -0.2) is 14.9 Å². The van der Waals surface area contributed by atoms with Crippen molar-refractivity contribution < 1.29 is 4.92 Å². The Morgan fingerprint density at radius 3 is 3.00 bits per heavy atom. The number of hydrogen-bond donors (Lipinski definition) is 2. The number of H-pyrrole nitrogens is 1. The summed E-state index contributed by atoms with van der Waals surface area (Å²) in [7, 11) is 0. The molecule has 0 saturated carbocycles. The van der Waals surface area contributed by atoms with E-state index in [0.29, 0.717) is 12.2 Å². The maximum Gasteiger partial charge on any atom is 0.292 e. The normalized spacial score (nSPS) is 10.2. The lowest BCUT2D eigenvalue weighted by atomic mass is 10.2. The maximum absolute atomic E-state index is 10.9. The van der Waals surface area contributed by atoms with Crippen LogP contribution >= 0.6 is 0 Å². The third-order valence-electron chi connectivity index (χ3n) is 2.35. The number of aryl methyl sites for hydroxylation is 1. The smallest absolute Gasteiger partial charge is 0.292 e. The van der Waals surface area contributed by atoms with E-state index in [1.165, 1.54) is 0 Å². The Morgan fingerprint density at radius 2 is 2.35 bits per heavy atom. The molecule has 0 aliphatic rings. The average Bonchev–Trinajstić information content (AvgIpc) is 2.80. The summed E-state index contributed by atoms with van der Waals surface area (Å²) in [5, 5.41) is 13.9. The summed E-state index contributed by atoms with van der Waals surface area (Å²) in [6.07, 6.45) is 3.35. The maximum atomic E-state index is 10.9. The number of aromatic nitrogens is 2. The molecule has 6 heteroatoms. The summed E-state index contributed by atoms with van der Waals surface area (Å²) in [6, 6.07) is 5.08. The largest absolute Gasteiger partial charge is 0.372 e. The van der Waals surface area contributed by atoms with Crippen LogP contribution in [-0.2, 0) is 6.54 Å². The number of imidazole rings is 1. The van der Waals surface area contributed by atoms with Crippen LogP contribution in [0, 0.1) is 17.0 Å². The number of rotatable bonds is 4. The van der Waals surface area contributed by atoms with Crippen LogP contribution < -0.4 is 5.32 Å². The summed E-state index contributed by atoms with van der Waals surface area (Å²) in [5.41, 5.74) is 1.44. The zero-order valence-corrected chi connectivity index (χ0v) is 9.30. The van der Waals surface area contributed by atoms with E-state index in [1.807, 2.05) is 13.0 Å². The molecule has 0 spiro atoms. The molecule has 2 aromatic rings. The molecule has 0 aliphatic carbocycles. The Kier molecular flexibility index (Phi) is 3.04. The number of hydrogen-bond acceptors (Lipinski definition) is 4. The minimum Gasteiger partial charge on any atom is -0.372 e. The first-order chi connectivity index (χ1) is 8.16. The van der Waals surface area contributed by atoms with Gasteiger partial charge in [-0.05, 0) is 18.6 Å². The van der Waals surface area contributed by atoms with Crippen LogP contribution in [0.15, 0.2) is 30.6 Å². The molecule has 2 rings (SSSR count). The predicted octanol–water partition coefficient (Wildman–Crippen LogP) is 2.24. The van der Waals surface area contributed by atoms with Gasteiger partial charge in [-0.15, -0.1) is 0 Å². The number of nitrogens with zero attached hydrogens (tertiary/aromatic N) is 2. The molecule has 2 N–H and O–H groups in total. The number of nitrogens with one attached hydrogen (secondary N) is 2. The molecule has 0 atom stereocenters. The Labute approximate surface area is 97.9 Å². The Bertz CT molecular complexity index is 522. The van der Waals surface area contributed by atoms with Gasteiger partial charge in [0.2, 0.25) is 0 Å². The second kappa shape index (κ2) is 4.65. The molecule has 1 aromatic carbocycles. The van der Waals surface area contributed by atoms with Crippen molar-refractivity contribution in [3.63, 3.8) is 0 Å². The van der Waals surface area contributed by atoms with Crippen molar-refractivity contribution in [1.29, 1.82) is 0 Å². The van der Waals surface area contributed by atoms with Crippen molar-refractivity contribution in [3.8, 4) is 0 Å². The van der Waals surface area contributed by atoms with Crippen LogP contribution in [0.2, 0.25) is 0 Å². The fourth-order valence-corrected chi connectivity index (χ4v) is 1.52. The summed E-state index contributed by atoms with van der Waals surface area (Å²) in [4.78, 5) is 17.4. The number of anilines is 1. The molecule has 0 aliphatic heterocycles. The first kappa shape index (κ1) is 11.1. The van der Waals surface area contributed by atoms with Gasteiger partial charge in [-0.2, -0.15) is 0 Å². The lowest BCUT2D eigenvalue weighted by Gasteiger charge is -2.06. The Morgan fingerprint density at radius 1 is 1.53 bits per heavy atom. The number of benzene rings is 1. The van der Waals surface area contributed by atoms with E-state index in [4.69, 9.17) is 0 Å². The highest BCUT2D eigenvalue weighted by Crippen LogP contribution is 2.25. The topological polar surface area (TPSA) is 83.8 Å². The summed E-state index contributed by atoms with van der Waals surface area (Å²) in [6.45, 7) is 2.25. The SMILES string of the molecule is Cc1ccc(NCc2ncc[nH]2)c([N+](=O)[O-])c1. The van der Waals surface area contributed by atoms with Gasteiger partial charge < -0.3 is 10.3 Å². The van der Waals surface area contributed by atoms with Crippen molar-refractivity contribution >= 4 is 11.4 Å². The minimum atomic E-state index is -0.391. The van der Waals surface area contributed by atoms with Gasteiger partial charge in [0, 0.05) is 18.5 Å². The molecule has 0 radical (unpaired) electrons. The van der Waals surface area contributed by atoms with E-state index < -0.39 is 4.92 Å². The van der Waals surface area contributed by atoms with E-state index in [-0.39, 0.29) is 5.69 Å². The molecule has 0 amide bonds. The highest BCUT2D eigenvalue weighted by molar-refractivity contribution is 5.62. The minimum absolute atomic E-state index is 0.0801. The molecule has 0 unspecified atom stereocenters. The van der Waals surface area contributed by atoms with E-state index in [1.54, 1.807) is 24.5 Å². The zero-order valence-electron chi connectivity index (χ0n) is 9.30. The molecular weight excluding hydrogens is 220 g/mol. The monoisotopic (exact) mass is 232 g/mol. The zero-order chi connectivity index (χ0) is 12.3. The second-order valence-corrected chi connectivity index (χ2v) is 3.67. The van der Waals surface area contributed by atoms with Crippen molar-refractivity contribution in [3.05, 3.63) is 52.1 Å². The Hall–Kier alpha value is -2.37. The van der Waals surface area contributed by atoms with Gasteiger partial charge in [0.15, 0.2) is 0 Å². The fourth-order valence-electron chi connectivity index (χ4n) is 1.52. The van der Waals surface area contributed by atoms with Gasteiger partial charge in [0.05, 0.1) is 11.5 Å². The van der Waals surface area contributed by atoms with Crippen LogP contribution in [0.25, 0.3) is 0 Å². The van der Waals surface area contributed by atoms with Crippen molar-refractivity contribution in [1.82, 2.24) is 9.97 Å². The van der Waals surface area contributed by atoms with E-state index in [2.05, 4.69) is 15.3 Å². The number of aromatic amines is 1. The summed E-state index contributed by atoms with van der Waals surface area (Å²) < 4.78 is 0. The van der Waals surface area contributed by atoms with Crippen LogP contribution in [0.1, 0.15) is 11.4 Å². The third kappa shape index (κ3) is 2.60. The van der Waals surface area contributed by atoms with Crippen LogP contribution in [0.3, 0.4) is 0 Å². The van der Waals surface area contributed by atoms with Gasteiger partial charge in [-0.3, -0.25) is 10.1 Å². The number of nitro groups is 1. The molecule has 88 valence electrons. The average molecular weight is 232 g/mol. The van der Waals surface area contributed by atoms with Gasteiger partial charge in [0.25, 0.3) is 5.69 Å². The molecule has 0 bridgehead atoms. The molecule has 1 heterocycles. The molecule has 0 saturated heterocycles. The summed E-state index contributed by atoms with van der Waals surface area (Å²) >= 11 is 0. The molecule has 17 heavy (non-hydrogen) atoms. The van der Waals surface area contributed by atoms with Crippen LogP contribution in [0.5, 0.6) is 0 Å². The highest BCUT2D eigenvalue weighted by atomic mass is 16.6. The van der Waals surface area contributed by atoms with E-state index in [9.17, 15) is 10.1 Å². The highest BCUT2D eigenvalue weighted by Gasteiger charge is 2.13. The first-order valence-electron chi connectivity index (χ1n) is 5.14. The van der Waals surface area contributed by atoms with Gasteiger partial charge in [-0.25, -0.2) is 4.98 Å². The number of nitro benzene ring substituents is 1. The molecule has 1 aromatic heterocycles. The molecule has 0 fully saturated rings. The lowest BCUT2D eigenvalue weighted by Crippen LogP contribution is -2.04.